The van der Waals surface area contributed by atoms with Crippen LogP contribution >= 0.6 is 0 Å². The van der Waals surface area contributed by atoms with Crippen LogP contribution in [0.2, 0.25) is 0 Å². The molecule has 0 fully saturated rings. The lowest BCUT2D eigenvalue weighted by atomic mass is 9.83. The molecule has 0 spiro atoms. The Labute approximate surface area is 129 Å². The van der Waals surface area contributed by atoms with E-state index in [1.807, 2.05) is 12.1 Å². The minimum Gasteiger partial charge on any atom is -0.325 e. The van der Waals surface area contributed by atoms with Crippen LogP contribution in [-0.4, -0.2) is 5.91 Å². The molecule has 0 radical (unpaired) electrons. The Balaban J connectivity index is 1.94. The van der Waals surface area contributed by atoms with Gasteiger partial charge < -0.3 is 5.32 Å². The van der Waals surface area contributed by atoms with Crippen LogP contribution in [0.15, 0.2) is 60.7 Å². The molecule has 2 nitrogen and oxygen atoms in total. The van der Waals surface area contributed by atoms with Gasteiger partial charge in [-0.1, -0.05) is 66.2 Å². The van der Waals surface area contributed by atoms with Crippen LogP contribution < -0.4 is 5.32 Å². The normalized spacial score (nSPS) is 17.1. The number of hydrogen-bond acceptors (Lipinski definition) is 1. The maximum atomic E-state index is 12.2. The zero-order valence-electron chi connectivity index (χ0n) is 12.5. The molecule has 1 N–H and O–H groups in total. The van der Waals surface area contributed by atoms with Crippen molar-refractivity contribution in [2.24, 2.45) is 0 Å². The first-order valence-electron chi connectivity index (χ1n) is 7.60. The molecule has 2 heteroatoms. The summed E-state index contributed by atoms with van der Waals surface area (Å²) in [5, 5.41) is 5.35. The van der Waals surface area contributed by atoms with E-state index in [-0.39, 0.29) is 11.8 Å². The van der Waals surface area contributed by atoms with E-state index in [0.29, 0.717) is 6.42 Å². The van der Waals surface area contributed by atoms with Crippen molar-refractivity contribution in [2.45, 2.75) is 19.3 Å². The van der Waals surface area contributed by atoms with Gasteiger partial charge in [0.25, 0.3) is 0 Å². The van der Waals surface area contributed by atoms with Crippen molar-refractivity contribution >= 4 is 22.4 Å². The van der Waals surface area contributed by atoms with Crippen LogP contribution in [0.3, 0.4) is 0 Å². The van der Waals surface area contributed by atoms with Crippen molar-refractivity contribution < 1.29 is 4.79 Å². The molecule has 0 saturated heterocycles. The Kier molecular flexibility index (Phi) is 2.97. The molecule has 1 aliphatic heterocycles. The third kappa shape index (κ3) is 2.08. The van der Waals surface area contributed by atoms with Gasteiger partial charge in [0.1, 0.15) is 0 Å². The highest BCUT2D eigenvalue weighted by Gasteiger charge is 2.27. The number of carbonyl (C=O) groups excluding carboxylic acids is 1. The lowest BCUT2D eigenvalue weighted by Gasteiger charge is -2.27. The van der Waals surface area contributed by atoms with Crippen LogP contribution in [0.5, 0.6) is 0 Å². The monoisotopic (exact) mass is 287 g/mol. The Morgan fingerprint density at radius 3 is 2.73 bits per heavy atom. The quantitative estimate of drug-likeness (QED) is 0.695. The van der Waals surface area contributed by atoms with Crippen LogP contribution in [0.25, 0.3) is 10.8 Å². The summed E-state index contributed by atoms with van der Waals surface area (Å²) in [7, 11) is 0. The maximum Gasteiger partial charge on any atom is 0.225 e. The molecule has 1 unspecified atom stereocenters. The molecule has 22 heavy (non-hydrogen) atoms. The minimum atomic E-state index is 0.0929. The molecule has 0 aromatic heterocycles. The number of rotatable bonds is 1. The van der Waals surface area contributed by atoms with E-state index in [0.717, 1.165) is 16.5 Å². The molecule has 1 heterocycles. The molecule has 1 amide bonds. The summed E-state index contributed by atoms with van der Waals surface area (Å²) >= 11 is 0. The lowest BCUT2D eigenvalue weighted by molar-refractivity contribution is -0.116. The summed E-state index contributed by atoms with van der Waals surface area (Å²) in [5.74, 6) is 0.226. The molecule has 0 bridgehead atoms. The highest BCUT2D eigenvalue weighted by Crippen LogP contribution is 2.40. The first-order valence-corrected chi connectivity index (χ1v) is 7.60. The average molecular weight is 287 g/mol. The summed E-state index contributed by atoms with van der Waals surface area (Å²) in [5.41, 5.74) is 4.63. The molecular formula is C20H17NO. The molecule has 1 atom stereocenters. The third-order valence-electron chi connectivity index (χ3n) is 4.44. The van der Waals surface area contributed by atoms with Crippen molar-refractivity contribution in [1.29, 1.82) is 0 Å². The topological polar surface area (TPSA) is 29.1 Å². The fourth-order valence-corrected chi connectivity index (χ4v) is 3.39. The minimum absolute atomic E-state index is 0.0929. The lowest BCUT2D eigenvalue weighted by Crippen LogP contribution is -2.23. The van der Waals surface area contributed by atoms with E-state index in [4.69, 9.17) is 0 Å². The molecule has 3 aromatic carbocycles. The molecule has 1 aliphatic rings. The highest BCUT2D eigenvalue weighted by molar-refractivity contribution is 6.06. The van der Waals surface area contributed by atoms with Gasteiger partial charge >= 0.3 is 0 Å². The van der Waals surface area contributed by atoms with Crippen LogP contribution in [-0.2, 0) is 4.79 Å². The van der Waals surface area contributed by atoms with Gasteiger partial charge in [-0.15, -0.1) is 0 Å². The van der Waals surface area contributed by atoms with Crippen molar-refractivity contribution in [1.82, 2.24) is 0 Å². The largest absolute Gasteiger partial charge is 0.325 e. The predicted octanol–water partition coefficient (Wildman–Crippen LogP) is 4.62. The fourth-order valence-electron chi connectivity index (χ4n) is 3.39. The smallest absolute Gasteiger partial charge is 0.225 e. The summed E-state index contributed by atoms with van der Waals surface area (Å²) in [6, 6.07) is 21.0. The Morgan fingerprint density at radius 1 is 1.00 bits per heavy atom. The number of fused-ring (bicyclic) bond motifs is 3. The van der Waals surface area contributed by atoms with Gasteiger partial charge in [0.05, 0.1) is 5.69 Å². The SMILES string of the molecule is Cc1cccc(C2CC(=O)Nc3c2ccc2ccccc32)c1. The number of benzene rings is 3. The summed E-state index contributed by atoms with van der Waals surface area (Å²) in [6.07, 6.45) is 0.509. The molecular weight excluding hydrogens is 270 g/mol. The second-order valence-corrected chi connectivity index (χ2v) is 5.97. The second kappa shape index (κ2) is 4.99. The van der Waals surface area contributed by atoms with E-state index in [1.54, 1.807) is 0 Å². The fraction of sp³-hybridized carbons (Fsp3) is 0.150. The molecule has 0 aliphatic carbocycles. The van der Waals surface area contributed by atoms with E-state index < -0.39 is 0 Å². The van der Waals surface area contributed by atoms with E-state index in [9.17, 15) is 4.79 Å². The van der Waals surface area contributed by atoms with E-state index in [1.165, 1.54) is 16.7 Å². The number of nitrogens with one attached hydrogen (secondary N) is 1. The van der Waals surface area contributed by atoms with Crippen LogP contribution in [0.1, 0.15) is 29.0 Å². The summed E-state index contributed by atoms with van der Waals surface area (Å²) in [4.78, 5) is 12.2. The van der Waals surface area contributed by atoms with Gasteiger partial charge in [0, 0.05) is 17.7 Å². The molecule has 108 valence electrons. The average Bonchev–Trinajstić information content (AvgIpc) is 2.54. The zero-order chi connectivity index (χ0) is 15.1. The molecule has 4 rings (SSSR count). The van der Waals surface area contributed by atoms with Crippen LogP contribution in [0.4, 0.5) is 5.69 Å². The predicted molar refractivity (Wildman–Crippen MR) is 90.2 cm³/mol. The second-order valence-electron chi connectivity index (χ2n) is 5.97. The van der Waals surface area contributed by atoms with Crippen molar-refractivity contribution in [3.8, 4) is 0 Å². The van der Waals surface area contributed by atoms with Crippen LogP contribution in [0, 0.1) is 6.92 Å². The van der Waals surface area contributed by atoms with E-state index >= 15 is 0 Å². The maximum absolute atomic E-state index is 12.2. The van der Waals surface area contributed by atoms with Gasteiger partial charge in [0.15, 0.2) is 0 Å². The molecule has 3 aromatic rings. The Bertz CT molecular complexity index is 882. The Morgan fingerprint density at radius 2 is 1.86 bits per heavy atom. The van der Waals surface area contributed by atoms with Gasteiger partial charge in [-0.25, -0.2) is 0 Å². The number of hydrogen-bond donors (Lipinski definition) is 1. The van der Waals surface area contributed by atoms with Gasteiger partial charge in [-0.3, -0.25) is 4.79 Å². The van der Waals surface area contributed by atoms with Crippen molar-refractivity contribution in [3.63, 3.8) is 0 Å². The highest BCUT2D eigenvalue weighted by atomic mass is 16.1. The first-order chi connectivity index (χ1) is 10.7. The number of amides is 1. The number of anilines is 1. The summed E-state index contributed by atoms with van der Waals surface area (Å²) in [6.45, 7) is 2.09. The standard InChI is InChI=1S/C20H17NO/c1-13-5-4-7-15(11-13)18-12-19(22)21-20-16-8-3-2-6-14(16)9-10-17(18)20/h2-11,18H,12H2,1H3,(H,21,22). The van der Waals surface area contributed by atoms with E-state index in [2.05, 4.69) is 60.8 Å². The van der Waals surface area contributed by atoms with Gasteiger partial charge in [-0.05, 0) is 23.4 Å². The molecule has 0 saturated carbocycles. The number of carbonyl (C=O) groups is 1. The third-order valence-corrected chi connectivity index (χ3v) is 4.44. The Hall–Kier alpha value is -2.61. The van der Waals surface area contributed by atoms with Crippen molar-refractivity contribution in [2.75, 3.05) is 5.32 Å². The zero-order valence-corrected chi connectivity index (χ0v) is 12.5. The first kappa shape index (κ1) is 13.1. The van der Waals surface area contributed by atoms with Gasteiger partial charge in [-0.2, -0.15) is 0 Å². The summed E-state index contributed by atoms with van der Waals surface area (Å²) < 4.78 is 0. The van der Waals surface area contributed by atoms with Gasteiger partial charge in [0.2, 0.25) is 5.91 Å². The number of aryl methyl sites for hydroxylation is 1. The van der Waals surface area contributed by atoms with Crippen molar-refractivity contribution in [3.05, 3.63) is 77.4 Å².